The van der Waals surface area contributed by atoms with Gasteiger partial charge in [-0.25, -0.2) is 9.97 Å². The molecule has 0 aliphatic carbocycles. The number of aromatic amines is 1. The van der Waals surface area contributed by atoms with Gasteiger partial charge in [0, 0.05) is 57.6 Å². The SMILES string of the molecule is Cc1nc(N2CCOCC2)[nH]c(=O)c1CCC(=O)NCc1ccc(N(C)C)nc1. The van der Waals surface area contributed by atoms with Crippen LogP contribution in [0.1, 0.15) is 23.2 Å². The Morgan fingerprint density at radius 3 is 2.69 bits per heavy atom. The highest BCUT2D eigenvalue weighted by Crippen LogP contribution is 2.11. The van der Waals surface area contributed by atoms with E-state index in [9.17, 15) is 9.59 Å². The maximum absolute atomic E-state index is 12.5. The molecule has 0 spiro atoms. The van der Waals surface area contributed by atoms with Gasteiger partial charge in [-0.3, -0.25) is 14.6 Å². The summed E-state index contributed by atoms with van der Waals surface area (Å²) in [5, 5.41) is 2.87. The van der Waals surface area contributed by atoms with Crippen molar-refractivity contribution < 1.29 is 9.53 Å². The molecule has 9 heteroatoms. The first-order chi connectivity index (χ1) is 13.9. The zero-order valence-electron chi connectivity index (χ0n) is 17.2. The van der Waals surface area contributed by atoms with Crippen LogP contribution in [0, 0.1) is 6.92 Å². The van der Waals surface area contributed by atoms with E-state index in [4.69, 9.17) is 4.74 Å². The van der Waals surface area contributed by atoms with Crippen molar-refractivity contribution in [2.45, 2.75) is 26.3 Å². The van der Waals surface area contributed by atoms with Crippen LogP contribution in [0.5, 0.6) is 0 Å². The lowest BCUT2D eigenvalue weighted by molar-refractivity contribution is -0.121. The van der Waals surface area contributed by atoms with Crippen molar-refractivity contribution in [3.63, 3.8) is 0 Å². The van der Waals surface area contributed by atoms with Crippen LogP contribution in [0.2, 0.25) is 0 Å². The molecule has 1 aliphatic rings. The summed E-state index contributed by atoms with van der Waals surface area (Å²) in [6.07, 6.45) is 2.33. The predicted molar refractivity (Wildman–Crippen MR) is 111 cm³/mol. The Morgan fingerprint density at radius 2 is 2.07 bits per heavy atom. The Bertz CT molecular complexity index is 888. The average Bonchev–Trinajstić information content (AvgIpc) is 2.72. The number of hydrogen-bond acceptors (Lipinski definition) is 7. The van der Waals surface area contributed by atoms with E-state index in [1.54, 1.807) is 6.20 Å². The number of ether oxygens (including phenoxy) is 1. The molecule has 0 saturated carbocycles. The fourth-order valence-corrected chi connectivity index (χ4v) is 3.13. The lowest BCUT2D eigenvalue weighted by Gasteiger charge is -2.27. The molecule has 9 nitrogen and oxygen atoms in total. The van der Waals surface area contributed by atoms with E-state index in [0.29, 0.717) is 56.5 Å². The second kappa shape index (κ2) is 9.51. The molecule has 2 aromatic heterocycles. The van der Waals surface area contributed by atoms with Gasteiger partial charge in [-0.15, -0.1) is 0 Å². The third-order valence-electron chi connectivity index (χ3n) is 4.88. The van der Waals surface area contributed by atoms with Crippen molar-refractivity contribution in [1.82, 2.24) is 20.3 Å². The second-order valence-corrected chi connectivity index (χ2v) is 7.25. The number of nitrogens with zero attached hydrogens (tertiary/aromatic N) is 4. The summed E-state index contributed by atoms with van der Waals surface area (Å²) in [4.78, 5) is 40.3. The topological polar surface area (TPSA) is 103 Å². The summed E-state index contributed by atoms with van der Waals surface area (Å²) in [7, 11) is 3.85. The van der Waals surface area contributed by atoms with Gasteiger partial charge in [-0.1, -0.05) is 6.07 Å². The number of H-pyrrole nitrogens is 1. The number of carbonyl (C=O) groups excluding carboxylic acids is 1. The molecular weight excluding hydrogens is 372 g/mol. The van der Waals surface area contributed by atoms with E-state index < -0.39 is 0 Å². The molecule has 0 aromatic carbocycles. The summed E-state index contributed by atoms with van der Waals surface area (Å²) >= 11 is 0. The number of carbonyl (C=O) groups is 1. The Hall–Kier alpha value is -2.94. The molecule has 0 atom stereocenters. The van der Waals surface area contributed by atoms with Crippen LogP contribution in [0.4, 0.5) is 11.8 Å². The van der Waals surface area contributed by atoms with E-state index in [1.807, 2.05) is 43.0 Å². The fraction of sp³-hybridized carbons (Fsp3) is 0.500. The summed E-state index contributed by atoms with van der Waals surface area (Å²) < 4.78 is 5.33. The van der Waals surface area contributed by atoms with Crippen LogP contribution < -0.4 is 20.7 Å². The largest absolute Gasteiger partial charge is 0.378 e. The van der Waals surface area contributed by atoms with Crippen LogP contribution in [0.25, 0.3) is 0 Å². The van der Waals surface area contributed by atoms with Crippen LogP contribution in [0.15, 0.2) is 23.1 Å². The predicted octanol–water partition coefficient (Wildman–Crippen LogP) is 0.625. The number of nitrogens with one attached hydrogen (secondary N) is 2. The number of aromatic nitrogens is 3. The van der Waals surface area contributed by atoms with E-state index >= 15 is 0 Å². The van der Waals surface area contributed by atoms with Gasteiger partial charge >= 0.3 is 0 Å². The number of rotatable bonds is 7. The lowest BCUT2D eigenvalue weighted by atomic mass is 10.1. The maximum Gasteiger partial charge on any atom is 0.255 e. The molecule has 2 N–H and O–H groups in total. The first-order valence-corrected chi connectivity index (χ1v) is 9.75. The van der Waals surface area contributed by atoms with Crippen molar-refractivity contribution in [1.29, 1.82) is 0 Å². The van der Waals surface area contributed by atoms with Gasteiger partial charge in [0.05, 0.1) is 13.2 Å². The second-order valence-electron chi connectivity index (χ2n) is 7.25. The third-order valence-corrected chi connectivity index (χ3v) is 4.88. The van der Waals surface area contributed by atoms with Crippen molar-refractivity contribution in [2.75, 3.05) is 50.2 Å². The number of aryl methyl sites for hydroxylation is 1. The van der Waals surface area contributed by atoms with Gasteiger partial charge in [0.1, 0.15) is 5.82 Å². The monoisotopic (exact) mass is 400 g/mol. The first kappa shape index (κ1) is 20.8. The standard InChI is InChI=1S/C20H28N6O3/c1-14-16(19(28)24-20(23-14)26-8-10-29-11-9-26)5-7-18(27)22-13-15-4-6-17(21-12-15)25(2)3/h4,6,12H,5,7-11,13H2,1-3H3,(H,22,27)(H,23,24,28). The summed E-state index contributed by atoms with van der Waals surface area (Å²) in [6, 6.07) is 3.85. The molecule has 2 aromatic rings. The van der Waals surface area contributed by atoms with Gasteiger partial charge in [-0.05, 0) is 25.0 Å². The van der Waals surface area contributed by atoms with Gasteiger partial charge in [0.15, 0.2) is 0 Å². The number of morpholine rings is 1. The maximum atomic E-state index is 12.5. The number of pyridine rings is 1. The first-order valence-electron chi connectivity index (χ1n) is 9.75. The molecule has 1 fully saturated rings. The van der Waals surface area contributed by atoms with Crippen LogP contribution in [-0.2, 0) is 22.5 Å². The quantitative estimate of drug-likeness (QED) is 0.702. The smallest absolute Gasteiger partial charge is 0.255 e. The minimum atomic E-state index is -0.185. The highest BCUT2D eigenvalue weighted by molar-refractivity contribution is 5.76. The normalized spacial score (nSPS) is 14.0. The minimum Gasteiger partial charge on any atom is -0.378 e. The lowest BCUT2D eigenvalue weighted by Crippen LogP contribution is -2.38. The molecule has 156 valence electrons. The fourth-order valence-electron chi connectivity index (χ4n) is 3.13. The minimum absolute atomic E-state index is 0.113. The van der Waals surface area contributed by atoms with Crippen molar-refractivity contribution >= 4 is 17.7 Å². The van der Waals surface area contributed by atoms with Gasteiger partial charge in [0.25, 0.3) is 5.56 Å². The molecule has 1 amide bonds. The Balaban J connectivity index is 1.53. The van der Waals surface area contributed by atoms with E-state index in [0.717, 1.165) is 11.4 Å². The van der Waals surface area contributed by atoms with Crippen LogP contribution in [0.3, 0.4) is 0 Å². The average molecular weight is 400 g/mol. The number of anilines is 2. The van der Waals surface area contributed by atoms with Gasteiger partial charge in [-0.2, -0.15) is 0 Å². The molecule has 3 heterocycles. The van der Waals surface area contributed by atoms with E-state index in [-0.39, 0.29) is 17.9 Å². The molecule has 0 unspecified atom stereocenters. The zero-order chi connectivity index (χ0) is 20.8. The van der Waals surface area contributed by atoms with Crippen molar-refractivity contribution in [2.24, 2.45) is 0 Å². The van der Waals surface area contributed by atoms with Crippen molar-refractivity contribution in [3.8, 4) is 0 Å². The molecule has 1 saturated heterocycles. The van der Waals surface area contributed by atoms with E-state index in [1.165, 1.54) is 0 Å². The Kier molecular flexibility index (Phi) is 6.82. The Labute approximate surface area is 170 Å². The van der Waals surface area contributed by atoms with Crippen LogP contribution in [-0.4, -0.2) is 61.3 Å². The highest BCUT2D eigenvalue weighted by atomic mass is 16.5. The molecule has 1 aliphatic heterocycles. The molecule has 3 rings (SSSR count). The van der Waals surface area contributed by atoms with Gasteiger partial charge < -0.3 is 19.9 Å². The third kappa shape index (κ3) is 5.54. The van der Waals surface area contributed by atoms with E-state index in [2.05, 4.69) is 20.3 Å². The number of amides is 1. The summed E-state index contributed by atoms with van der Waals surface area (Å²) in [5.41, 5.74) is 1.95. The molecule has 0 bridgehead atoms. The summed E-state index contributed by atoms with van der Waals surface area (Å²) in [6.45, 7) is 4.87. The van der Waals surface area contributed by atoms with Crippen LogP contribution >= 0.6 is 0 Å². The number of hydrogen-bond donors (Lipinski definition) is 2. The van der Waals surface area contributed by atoms with Crippen molar-refractivity contribution in [3.05, 3.63) is 45.5 Å². The summed E-state index contributed by atoms with van der Waals surface area (Å²) in [5.74, 6) is 1.32. The highest BCUT2D eigenvalue weighted by Gasteiger charge is 2.16. The molecule has 0 radical (unpaired) electrons. The zero-order valence-corrected chi connectivity index (χ0v) is 17.2. The van der Waals surface area contributed by atoms with Gasteiger partial charge in [0.2, 0.25) is 11.9 Å². The Morgan fingerprint density at radius 1 is 1.31 bits per heavy atom. The molecule has 29 heavy (non-hydrogen) atoms. The molecular formula is C20H28N6O3.